The zero-order chi connectivity index (χ0) is 13.4. The molecule has 1 aromatic carbocycles. The lowest BCUT2D eigenvalue weighted by Gasteiger charge is -2.00. The molecule has 3 rings (SSSR count). The van der Waals surface area contributed by atoms with Crippen LogP contribution in [0.15, 0.2) is 35.8 Å². The van der Waals surface area contributed by atoms with E-state index in [0.717, 1.165) is 21.3 Å². The minimum Gasteiger partial charge on any atom is -0.478 e. The van der Waals surface area contributed by atoms with E-state index in [1.807, 2.05) is 5.38 Å². The van der Waals surface area contributed by atoms with Gasteiger partial charge in [0.2, 0.25) is 5.28 Å². The summed E-state index contributed by atoms with van der Waals surface area (Å²) in [4.78, 5) is 19.0. The molecule has 0 spiro atoms. The summed E-state index contributed by atoms with van der Waals surface area (Å²) >= 11 is 7.33. The van der Waals surface area contributed by atoms with E-state index in [1.54, 1.807) is 30.5 Å². The number of nitrogens with zero attached hydrogens (tertiary/aromatic N) is 2. The number of carboxylic acids is 1. The molecule has 19 heavy (non-hydrogen) atoms. The van der Waals surface area contributed by atoms with Gasteiger partial charge in [-0.1, -0.05) is 12.1 Å². The molecule has 6 heteroatoms. The van der Waals surface area contributed by atoms with E-state index in [2.05, 4.69) is 9.97 Å². The summed E-state index contributed by atoms with van der Waals surface area (Å²) in [6.45, 7) is 0. The highest BCUT2D eigenvalue weighted by Crippen LogP contribution is 2.32. The number of rotatable bonds is 2. The summed E-state index contributed by atoms with van der Waals surface area (Å²) in [5.74, 6) is -0.938. The molecule has 94 valence electrons. The van der Waals surface area contributed by atoms with Crippen LogP contribution in [0.1, 0.15) is 10.4 Å². The second-order valence-corrected chi connectivity index (χ2v) is 5.13. The highest BCUT2D eigenvalue weighted by Gasteiger charge is 2.10. The first kappa shape index (κ1) is 12.1. The lowest BCUT2D eigenvalue weighted by atomic mass is 10.1. The van der Waals surface area contributed by atoms with E-state index in [4.69, 9.17) is 16.7 Å². The number of aromatic carboxylic acids is 1. The number of carbonyl (C=O) groups is 1. The van der Waals surface area contributed by atoms with Crippen LogP contribution in [0.25, 0.3) is 21.3 Å². The molecule has 0 saturated carbocycles. The number of thiophene rings is 1. The van der Waals surface area contributed by atoms with E-state index in [-0.39, 0.29) is 10.8 Å². The van der Waals surface area contributed by atoms with Crippen LogP contribution in [0.4, 0.5) is 0 Å². The van der Waals surface area contributed by atoms with Crippen LogP contribution < -0.4 is 0 Å². The Hall–Kier alpha value is -1.98. The van der Waals surface area contributed by atoms with Crippen LogP contribution in [0.3, 0.4) is 0 Å². The smallest absolute Gasteiger partial charge is 0.335 e. The fourth-order valence-electron chi connectivity index (χ4n) is 1.80. The summed E-state index contributed by atoms with van der Waals surface area (Å²) in [5.41, 5.74) is 2.89. The predicted molar refractivity (Wildman–Crippen MR) is 74.8 cm³/mol. The third-order valence-electron chi connectivity index (χ3n) is 2.73. The van der Waals surface area contributed by atoms with Crippen molar-refractivity contribution in [3.63, 3.8) is 0 Å². The highest BCUT2D eigenvalue weighted by molar-refractivity contribution is 7.17. The Kier molecular flexibility index (Phi) is 2.93. The van der Waals surface area contributed by atoms with Gasteiger partial charge in [0.25, 0.3) is 0 Å². The second kappa shape index (κ2) is 4.60. The summed E-state index contributed by atoms with van der Waals surface area (Å²) in [6, 6.07) is 6.68. The van der Waals surface area contributed by atoms with Crippen LogP contribution in [-0.2, 0) is 0 Å². The van der Waals surface area contributed by atoms with Gasteiger partial charge in [-0.3, -0.25) is 0 Å². The Labute approximate surface area is 117 Å². The standard InChI is InChI=1S/C13H7ClN2O2S/c14-13-15-5-10-11(16-13)9(6-19-10)7-1-3-8(4-2-7)12(17)18/h1-6H,(H,17,18). The topological polar surface area (TPSA) is 63.1 Å². The summed E-state index contributed by atoms with van der Waals surface area (Å²) < 4.78 is 0.946. The van der Waals surface area contributed by atoms with Gasteiger partial charge in [0.1, 0.15) is 0 Å². The van der Waals surface area contributed by atoms with Crippen LogP contribution >= 0.6 is 22.9 Å². The van der Waals surface area contributed by atoms with Crippen molar-refractivity contribution in [1.29, 1.82) is 0 Å². The van der Waals surface area contributed by atoms with Gasteiger partial charge in [-0.25, -0.2) is 14.8 Å². The van der Waals surface area contributed by atoms with Crippen LogP contribution in [0.5, 0.6) is 0 Å². The lowest BCUT2D eigenvalue weighted by Crippen LogP contribution is -1.94. The van der Waals surface area contributed by atoms with Crippen molar-refractivity contribution in [1.82, 2.24) is 9.97 Å². The molecule has 0 aliphatic heterocycles. The molecule has 0 aliphatic carbocycles. The largest absolute Gasteiger partial charge is 0.478 e. The number of halogens is 1. The Balaban J connectivity index is 2.13. The first-order chi connectivity index (χ1) is 9.15. The molecule has 0 unspecified atom stereocenters. The number of carboxylic acid groups (broad SMARTS) is 1. The lowest BCUT2D eigenvalue weighted by molar-refractivity contribution is 0.0697. The van der Waals surface area contributed by atoms with Crippen LogP contribution in [0, 0.1) is 0 Å². The number of aromatic nitrogens is 2. The SMILES string of the molecule is O=C(O)c1ccc(-c2csc3cnc(Cl)nc23)cc1. The molecule has 0 saturated heterocycles. The van der Waals surface area contributed by atoms with E-state index >= 15 is 0 Å². The van der Waals surface area contributed by atoms with Gasteiger partial charge < -0.3 is 5.11 Å². The van der Waals surface area contributed by atoms with E-state index in [0.29, 0.717) is 0 Å². The van der Waals surface area contributed by atoms with Crippen molar-refractivity contribution in [3.8, 4) is 11.1 Å². The Morgan fingerprint density at radius 2 is 2.00 bits per heavy atom. The molecule has 0 radical (unpaired) electrons. The summed E-state index contributed by atoms with van der Waals surface area (Å²) in [5, 5.41) is 11.0. The van der Waals surface area contributed by atoms with Gasteiger partial charge in [0.05, 0.1) is 15.8 Å². The van der Waals surface area contributed by atoms with E-state index < -0.39 is 5.97 Å². The van der Waals surface area contributed by atoms with Gasteiger partial charge >= 0.3 is 5.97 Å². The van der Waals surface area contributed by atoms with Gasteiger partial charge in [-0.05, 0) is 29.3 Å². The number of hydrogen-bond acceptors (Lipinski definition) is 4. The number of benzene rings is 1. The molecule has 0 bridgehead atoms. The average Bonchev–Trinajstić information content (AvgIpc) is 2.81. The van der Waals surface area contributed by atoms with Crippen LogP contribution in [0.2, 0.25) is 5.28 Å². The van der Waals surface area contributed by atoms with Gasteiger partial charge in [-0.2, -0.15) is 0 Å². The molecule has 0 amide bonds. The molecule has 2 aromatic heterocycles. The van der Waals surface area contributed by atoms with Crippen LogP contribution in [-0.4, -0.2) is 21.0 Å². The Morgan fingerprint density at radius 3 is 2.68 bits per heavy atom. The Morgan fingerprint density at radius 1 is 1.26 bits per heavy atom. The minimum atomic E-state index is -0.938. The van der Waals surface area contributed by atoms with Crippen molar-refractivity contribution < 1.29 is 9.90 Å². The molecule has 3 aromatic rings. The number of hydrogen-bond donors (Lipinski definition) is 1. The first-order valence-electron chi connectivity index (χ1n) is 5.38. The van der Waals surface area contributed by atoms with Crippen molar-refractivity contribution in [3.05, 3.63) is 46.7 Å². The molecule has 1 N–H and O–H groups in total. The molecule has 2 heterocycles. The van der Waals surface area contributed by atoms with E-state index in [9.17, 15) is 4.79 Å². The molecule has 4 nitrogen and oxygen atoms in total. The molecular weight excluding hydrogens is 284 g/mol. The second-order valence-electron chi connectivity index (χ2n) is 3.88. The first-order valence-corrected chi connectivity index (χ1v) is 6.64. The van der Waals surface area contributed by atoms with Crippen molar-refractivity contribution >= 4 is 39.1 Å². The molecule has 0 fully saturated rings. The third-order valence-corrected chi connectivity index (χ3v) is 3.82. The van der Waals surface area contributed by atoms with Crippen molar-refractivity contribution in [2.45, 2.75) is 0 Å². The Bertz CT molecular complexity index is 768. The maximum Gasteiger partial charge on any atom is 0.335 e. The molecular formula is C13H7ClN2O2S. The fourth-order valence-corrected chi connectivity index (χ4v) is 2.81. The van der Waals surface area contributed by atoms with Crippen molar-refractivity contribution in [2.75, 3.05) is 0 Å². The summed E-state index contributed by atoms with van der Waals surface area (Å²) in [6.07, 6.45) is 1.68. The normalized spacial score (nSPS) is 10.8. The van der Waals surface area contributed by atoms with Gasteiger partial charge in [0.15, 0.2) is 0 Å². The summed E-state index contributed by atoms with van der Waals surface area (Å²) in [7, 11) is 0. The zero-order valence-electron chi connectivity index (χ0n) is 9.50. The highest BCUT2D eigenvalue weighted by atomic mass is 35.5. The minimum absolute atomic E-state index is 0.203. The van der Waals surface area contributed by atoms with Crippen molar-refractivity contribution in [2.24, 2.45) is 0 Å². The fraction of sp³-hybridized carbons (Fsp3) is 0. The number of fused-ring (bicyclic) bond motifs is 1. The molecule has 0 aliphatic rings. The quantitative estimate of drug-likeness (QED) is 0.731. The predicted octanol–water partition coefficient (Wildman–Crippen LogP) is 3.71. The average molecular weight is 291 g/mol. The maximum atomic E-state index is 10.8. The maximum absolute atomic E-state index is 10.8. The van der Waals surface area contributed by atoms with Gasteiger partial charge in [0, 0.05) is 17.1 Å². The molecule has 0 atom stereocenters. The monoisotopic (exact) mass is 290 g/mol. The third kappa shape index (κ3) is 2.18. The van der Waals surface area contributed by atoms with E-state index in [1.165, 1.54) is 11.3 Å². The van der Waals surface area contributed by atoms with Gasteiger partial charge in [-0.15, -0.1) is 11.3 Å². The zero-order valence-corrected chi connectivity index (χ0v) is 11.1.